The lowest BCUT2D eigenvalue weighted by molar-refractivity contribution is 0.0629. The Morgan fingerprint density at radius 2 is 2.27 bits per heavy atom. The van der Waals surface area contributed by atoms with E-state index in [1.54, 1.807) is 11.8 Å². The number of carbonyl (C=O) groups excluding carboxylic acids is 1. The number of amides is 1. The maximum atomic E-state index is 12.8. The molecule has 0 bridgehead atoms. The Kier molecular flexibility index (Phi) is 5.14. The summed E-state index contributed by atoms with van der Waals surface area (Å²) in [4.78, 5) is 16.9. The van der Waals surface area contributed by atoms with Gasteiger partial charge in [-0.3, -0.25) is 14.4 Å². The predicted molar refractivity (Wildman–Crippen MR) is 96.4 cm³/mol. The first-order chi connectivity index (χ1) is 12.4. The van der Waals surface area contributed by atoms with Gasteiger partial charge in [-0.25, -0.2) is 0 Å². The third-order valence-corrected chi connectivity index (χ3v) is 5.28. The quantitative estimate of drug-likeness (QED) is 0.841. The van der Waals surface area contributed by atoms with Gasteiger partial charge in [0.1, 0.15) is 11.8 Å². The normalized spacial score (nSPS) is 20.7. The molecule has 2 aromatic heterocycles. The van der Waals surface area contributed by atoms with Crippen LogP contribution in [0.25, 0.3) is 0 Å². The second kappa shape index (κ2) is 7.34. The number of furan rings is 1. The first kappa shape index (κ1) is 18.2. The number of hydrogen-bond donors (Lipinski definition) is 0. The molecule has 0 aromatic carbocycles. The van der Waals surface area contributed by atoms with Crippen LogP contribution < -0.4 is 0 Å². The minimum atomic E-state index is -0.107. The van der Waals surface area contributed by atoms with E-state index in [1.165, 1.54) is 11.8 Å². The van der Waals surface area contributed by atoms with E-state index in [1.807, 2.05) is 31.0 Å². The first-order valence-electron chi connectivity index (χ1n) is 8.86. The standard InChI is InChI=1S/C19H25N5O2/c1-13-16(10-15(11-20)26-13)19(25)23(3)12-14-6-5-9-22(2)18(14)17-7-8-21-24(17)4/h7-8,10,14,18H,5-6,9,12H2,1-4H3/t14-,18+/m0/s1. The Hall–Kier alpha value is -2.59. The maximum absolute atomic E-state index is 12.8. The lowest BCUT2D eigenvalue weighted by Crippen LogP contribution is -2.43. The fraction of sp³-hybridized carbons (Fsp3) is 0.526. The molecule has 1 aliphatic heterocycles. The topological polar surface area (TPSA) is 78.3 Å². The summed E-state index contributed by atoms with van der Waals surface area (Å²) in [6.07, 6.45) is 3.99. The minimum absolute atomic E-state index is 0.107. The average molecular weight is 355 g/mol. The van der Waals surface area contributed by atoms with Crippen molar-refractivity contribution in [1.82, 2.24) is 19.6 Å². The van der Waals surface area contributed by atoms with Crippen LogP contribution in [0.5, 0.6) is 0 Å². The molecule has 7 heteroatoms. The number of rotatable bonds is 4. The second-order valence-corrected chi connectivity index (χ2v) is 7.09. The maximum Gasteiger partial charge on any atom is 0.257 e. The summed E-state index contributed by atoms with van der Waals surface area (Å²) in [6, 6.07) is 5.76. The molecule has 2 atom stereocenters. The lowest BCUT2D eigenvalue weighted by atomic mass is 9.86. The molecule has 3 heterocycles. The van der Waals surface area contributed by atoms with E-state index in [2.05, 4.69) is 23.1 Å². The summed E-state index contributed by atoms with van der Waals surface area (Å²) in [7, 11) is 5.91. The summed E-state index contributed by atoms with van der Waals surface area (Å²) in [6.45, 7) is 3.40. The van der Waals surface area contributed by atoms with Crippen LogP contribution in [0.15, 0.2) is 22.7 Å². The Balaban J connectivity index is 1.79. The van der Waals surface area contributed by atoms with Crippen molar-refractivity contribution < 1.29 is 9.21 Å². The average Bonchev–Trinajstić information content (AvgIpc) is 3.20. The second-order valence-electron chi connectivity index (χ2n) is 7.09. The van der Waals surface area contributed by atoms with Gasteiger partial charge in [0.05, 0.1) is 17.3 Å². The molecule has 1 amide bonds. The number of aromatic nitrogens is 2. The van der Waals surface area contributed by atoms with Crippen molar-refractivity contribution in [3.8, 4) is 6.07 Å². The van der Waals surface area contributed by atoms with Gasteiger partial charge in [0.25, 0.3) is 5.91 Å². The van der Waals surface area contributed by atoms with Gasteiger partial charge >= 0.3 is 0 Å². The third-order valence-electron chi connectivity index (χ3n) is 5.28. The van der Waals surface area contributed by atoms with E-state index >= 15 is 0 Å². The largest absolute Gasteiger partial charge is 0.450 e. The molecule has 0 radical (unpaired) electrons. The third kappa shape index (κ3) is 3.37. The van der Waals surface area contributed by atoms with E-state index in [4.69, 9.17) is 9.68 Å². The number of hydrogen-bond acceptors (Lipinski definition) is 5. The van der Waals surface area contributed by atoms with E-state index in [0.29, 0.717) is 23.8 Å². The van der Waals surface area contributed by atoms with Crippen molar-refractivity contribution in [2.45, 2.75) is 25.8 Å². The Labute approximate surface area is 153 Å². The number of aryl methyl sites for hydroxylation is 2. The Morgan fingerprint density at radius 3 is 2.88 bits per heavy atom. The van der Waals surface area contributed by atoms with Crippen LogP contribution in [-0.4, -0.2) is 52.7 Å². The number of piperidine rings is 1. The van der Waals surface area contributed by atoms with Crippen LogP contribution in [0, 0.1) is 24.2 Å². The molecule has 0 unspecified atom stereocenters. The molecule has 26 heavy (non-hydrogen) atoms. The molecule has 0 spiro atoms. The summed E-state index contributed by atoms with van der Waals surface area (Å²) in [5.74, 6) is 0.872. The van der Waals surface area contributed by atoms with Crippen LogP contribution in [0.1, 0.15) is 46.5 Å². The van der Waals surface area contributed by atoms with Crippen molar-refractivity contribution in [3.63, 3.8) is 0 Å². The van der Waals surface area contributed by atoms with Gasteiger partial charge in [-0.2, -0.15) is 10.4 Å². The number of nitrogens with zero attached hydrogens (tertiary/aromatic N) is 5. The van der Waals surface area contributed by atoms with E-state index in [0.717, 1.165) is 19.4 Å². The fourth-order valence-electron chi connectivity index (χ4n) is 3.98. The van der Waals surface area contributed by atoms with Gasteiger partial charge in [0.2, 0.25) is 5.76 Å². The molecule has 138 valence electrons. The monoisotopic (exact) mass is 355 g/mol. The highest BCUT2D eigenvalue weighted by Gasteiger charge is 2.34. The van der Waals surface area contributed by atoms with Crippen molar-refractivity contribution in [2.24, 2.45) is 13.0 Å². The van der Waals surface area contributed by atoms with Crippen molar-refractivity contribution >= 4 is 5.91 Å². The van der Waals surface area contributed by atoms with Crippen molar-refractivity contribution in [3.05, 3.63) is 41.1 Å². The van der Waals surface area contributed by atoms with Gasteiger partial charge in [0.15, 0.2) is 0 Å². The van der Waals surface area contributed by atoms with Crippen LogP contribution in [-0.2, 0) is 7.05 Å². The summed E-state index contributed by atoms with van der Waals surface area (Å²) in [5, 5.41) is 13.3. The molecule has 1 aliphatic rings. The van der Waals surface area contributed by atoms with Gasteiger partial charge < -0.3 is 9.32 Å². The van der Waals surface area contributed by atoms with Crippen LogP contribution in [0.4, 0.5) is 0 Å². The smallest absolute Gasteiger partial charge is 0.257 e. The number of nitriles is 1. The molecule has 0 saturated carbocycles. The lowest BCUT2D eigenvalue weighted by Gasteiger charge is -2.40. The molecule has 2 aromatic rings. The predicted octanol–water partition coefficient (Wildman–Crippen LogP) is 2.35. The molecular weight excluding hydrogens is 330 g/mol. The van der Waals surface area contributed by atoms with Crippen LogP contribution in [0.2, 0.25) is 0 Å². The summed E-state index contributed by atoms with van der Waals surface area (Å²) >= 11 is 0. The molecule has 7 nitrogen and oxygen atoms in total. The number of likely N-dealkylation sites (tertiary alicyclic amines) is 1. The zero-order valence-electron chi connectivity index (χ0n) is 15.8. The van der Waals surface area contributed by atoms with E-state index < -0.39 is 0 Å². The van der Waals surface area contributed by atoms with E-state index in [9.17, 15) is 4.79 Å². The molecule has 0 N–H and O–H groups in total. The van der Waals surface area contributed by atoms with Gasteiger partial charge in [-0.05, 0) is 45.3 Å². The number of carbonyl (C=O) groups is 1. The highest BCUT2D eigenvalue weighted by atomic mass is 16.3. The summed E-state index contributed by atoms with van der Waals surface area (Å²) in [5.41, 5.74) is 1.63. The van der Waals surface area contributed by atoms with Crippen molar-refractivity contribution in [1.29, 1.82) is 5.26 Å². The van der Waals surface area contributed by atoms with Crippen LogP contribution >= 0.6 is 0 Å². The molecule has 3 rings (SSSR count). The van der Waals surface area contributed by atoms with Gasteiger partial charge in [-0.15, -0.1) is 0 Å². The highest BCUT2D eigenvalue weighted by molar-refractivity contribution is 5.95. The van der Waals surface area contributed by atoms with Gasteiger partial charge in [-0.1, -0.05) is 0 Å². The van der Waals surface area contributed by atoms with Crippen molar-refractivity contribution in [2.75, 3.05) is 27.2 Å². The zero-order chi connectivity index (χ0) is 18.8. The molecule has 1 saturated heterocycles. The highest BCUT2D eigenvalue weighted by Crippen LogP contribution is 2.35. The molecule has 0 aliphatic carbocycles. The fourth-order valence-corrected chi connectivity index (χ4v) is 3.98. The Bertz CT molecular complexity index is 831. The minimum Gasteiger partial charge on any atom is -0.450 e. The van der Waals surface area contributed by atoms with Crippen LogP contribution in [0.3, 0.4) is 0 Å². The Morgan fingerprint density at radius 1 is 1.50 bits per heavy atom. The summed E-state index contributed by atoms with van der Waals surface area (Å²) < 4.78 is 7.23. The molecule has 1 fully saturated rings. The SMILES string of the molecule is Cc1oc(C#N)cc1C(=O)N(C)C[C@@H]1CCCN(C)[C@H]1c1ccnn1C. The first-order valence-corrected chi connectivity index (χ1v) is 8.86. The zero-order valence-corrected chi connectivity index (χ0v) is 15.8. The molecular formula is C19H25N5O2. The van der Waals surface area contributed by atoms with E-state index in [-0.39, 0.29) is 17.7 Å². The van der Waals surface area contributed by atoms with Gasteiger partial charge in [0, 0.05) is 32.9 Å².